The molecule has 2 amide bonds. The van der Waals surface area contributed by atoms with Gasteiger partial charge in [-0.15, -0.1) is 0 Å². The summed E-state index contributed by atoms with van der Waals surface area (Å²) >= 11 is 0. The average Bonchev–Trinajstić information content (AvgIpc) is 3.00. The van der Waals surface area contributed by atoms with Crippen molar-refractivity contribution in [2.75, 3.05) is 33.2 Å². The van der Waals surface area contributed by atoms with Crippen LogP contribution in [-0.2, 0) is 9.59 Å². The third-order valence-corrected chi connectivity index (χ3v) is 3.42. The van der Waals surface area contributed by atoms with E-state index in [1.165, 1.54) is 4.90 Å². The normalized spacial score (nSPS) is 24.0. The summed E-state index contributed by atoms with van der Waals surface area (Å²) in [5.74, 6) is -0.0819. The van der Waals surface area contributed by atoms with Crippen molar-refractivity contribution in [3.63, 3.8) is 0 Å². The number of nitrogens with zero attached hydrogens (tertiary/aromatic N) is 2. The van der Waals surface area contributed by atoms with E-state index in [2.05, 4.69) is 5.32 Å². The van der Waals surface area contributed by atoms with Crippen LogP contribution in [0.25, 0.3) is 0 Å². The van der Waals surface area contributed by atoms with E-state index in [1.807, 2.05) is 4.90 Å². The molecule has 0 aromatic carbocycles. The zero-order chi connectivity index (χ0) is 13.1. The molecule has 0 aromatic heterocycles. The van der Waals surface area contributed by atoms with Crippen LogP contribution < -0.4 is 11.1 Å². The zero-order valence-corrected chi connectivity index (χ0v) is 10.9. The first-order valence-electron chi connectivity index (χ1n) is 6.56. The molecule has 6 heteroatoms. The number of rotatable bonds is 5. The molecule has 2 aliphatic rings. The van der Waals surface area contributed by atoms with Gasteiger partial charge in [0, 0.05) is 32.2 Å². The molecule has 1 aliphatic heterocycles. The Morgan fingerprint density at radius 2 is 2.11 bits per heavy atom. The van der Waals surface area contributed by atoms with Crippen molar-refractivity contribution in [2.45, 2.75) is 31.3 Å². The second-order valence-corrected chi connectivity index (χ2v) is 5.38. The summed E-state index contributed by atoms with van der Waals surface area (Å²) in [6, 6.07) is 0.527. The Labute approximate surface area is 107 Å². The Bertz CT molecular complexity index is 330. The van der Waals surface area contributed by atoms with E-state index in [9.17, 15) is 9.59 Å². The summed E-state index contributed by atoms with van der Waals surface area (Å²) in [5, 5.41) is 2.87. The minimum Gasteiger partial charge on any atom is -0.352 e. The van der Waals surface area contributed by atoms with E-state index in [0.29, 0.717) is 12.6 Å². The maximum Gasteiger partial charge on any atom is 0.239 e. The molecule has 1 unspecified atom stereocenters. The molecule has 1 aliphatic carbocycles. The predicted molar refractivity (Wildman–Crippen MR) is 67.8 cm³/mol. The molecule has 3 N–H and O–H groups in total. The van der Waals surface area contributed by atoms with Gasteiger partial charge in [0.25, 0.3) is 0 Å². The number of amides is 2. The largest absolute Gasteiger partial charge is 0.352 e. The molecule has 1 atom stereocenters. The summed E-state index contributed by atoms with van der Waals surface area (Å²) in [5.41, 5.74) is 5.79. The Hall–Kier alpha value is -1.14. The molecule has 102 valence electrons. The van der Waals surface area contributed by atoms with Crippen LogP contribution in [0.1, 0.15) is 19.3 Å². The molecular weight excluding hydrogens is 232 g/mol. The molecule has 1 saturated carbocycles. The molecule has 2 fully saturated rings. The summed E-state index contributed by atoms with van der Waals surface area (Å²) in [7, 11) is 1.67. The first-order chi connectivity index (χ1) is 8.54. The summed E-state index contributed by atoms with van der Waals surface area (Å²) < 4.78 is 0. The number of carbonyl (C=O) groups excluding carboxylic acids is 2. The number of likely N-dealkylation sites (tertiary alicyclic amines) is 1. The van der Waals surface area contributed by atoms with Gasteiger partial charge in [0.2, 0.25) is 11.8 Å². The van der Waals surface area contributed by atoms with E-state index >= 15 is 0 Å². The number of hydrogen-bond acceptors (Lipinski definition) is 4. The van der Waals surface area contributed by atoms with Crippen LogP contribution in [0, 0.1) is 0 Å². The lowest BCUT2D eigenvalue weighted by Crippen LogP contribution is -2.43. The van der Waals surface area contributed by atoms with Crippen LogP contribution in [0.3, 0.4) is 0 Å². The summed E-state index contributed by atoms with van der Waals surface area (Å²) in [4.78, 5) is 27.0. The molecule has 0 aromatic rings. The van der Waals surface area contributed by atoms with E-state index in [4.69, 9.17) is 5.73 Å². The molecule has 6 nitrogen and oxygen atoms in total. The monoisotopic (exact) mass is 254 g/mol. The summed E-state index contributed by atoms with van der Waals surface area (Å²) in [6.07, 6.45) is 3.07. The highest BCUT2D eigenvalue weighted by Crippen LogP contribution is 2.18. The Morgan fingerprint density at radius 3 is 2.67 bits per heavy atom. The van der Waals surface area contributed by atoms with Crippen molar-refractivity contribution in [3.05, 3.63) is 0 Å². The number of nitrogens with one attached hydrogen (secondary N) is 1. The van der Waals surface area contributed by atoms with Crippen LogP contribution in [0.4, 0.5) is 0 Å². The number of likely N-dealkylation sites (N-methyl/N-ethyl adjacent to an activating group) is 1. The van der Waals surface area contributed by atoms with Crippen LogP contribution in [-0.4, -0.2) is 66.9 Å². The van der Waals surface area contributed by atoms with Crippen molar-refractivity contribution in [1.82, 2.24) is 15.1 Å². The Morgan fingerprint density at radius 1 is 1.39 bits per heavy atom. The Kier molecular flexibility index (Phi) is 4.19. The highest BCUT2D eigenvalue weighted by molar-refractivity contribution is 5.85. The average molecular weight is 254 g/mol. The van der Waals surface area contributed by atoms with Crippen molar-refractivity contribution in [2.24, 2.45) is 5.73 Å². The lowest BCUT2D eigenvalue weighted by Gasteiger charge is -2.21. The molecule has 18 heavy (non-hydrogen) atoms. The van der Waals surface area contributed by atoms with Gasteiger partial charge in [-0.3, -0.25) is 14.5 Å². The zero-order valence-electron chi connectivity index (χ0n) is 10.9. The molecule has 0 spiro atoms. The van der Waals surface area contributed by atoms with Crippen LogP contribution in [0.15, 0.2) is 0 Å². The molecule has 1 heterocycles. The van der Waals surface area contributed by atoms with Gasteiger partial charge in [-0.1, -0.05) is 0 Å². The second kappa shape index (κ2) is 5.67. The molecular formula is C12H22N4O2. The predicted octanol–water partition coefficient (Wildman–Crippen LogP) is -1.24. The van der Waals surface area contributed by atoms with Crippen molar-refractivity contribution >= 4 is 11.8 Å². The van der Waals surface area contributed by atoms with Gasteiger partial charge in [0.1, 0.15) is 0 Å². The fraction of sp³-hybridized carbons (Fsp3) is 0.833. The lowest BCUT2D eigenvalue weighted by atomic mass is 10.3. The van der Waals surface area contributed by atoms with E-state index < -0.39 is 0 Å². The summed E-state index contributed by atoms with van der Waals surface area (Å²) in [6.45, 7) is 2.15. The van der Waals surface area contributed by atoms with E-state index in [0.717, 1.165) is 32.4 Å². The van der Waals surface area contributed by atoms with E-state index in [1.54, 1.807) is 7.05 Å². The van der Waals surface area contributed by atoms with Gasteiger partial charge >= 0.3 is 0 Å². The van der Waals surface area contributed by atoms with Gasteiger partial charge < -0.3 is 16.0 Å². The second-order valence-electron chi connectivity index (χ2n) is 5.38. The van der Waals surface area contributed by atoms with Gasteiger partial charge in [0.05, 0.1) is 13.1 Å². The SMILES string of the molecule is CN(CC(=O)NC1CC1)C(=O)CN1CCC(N)C1. The van der Waals surface area contributed by atoms with Gasteiger partial charge in [-0.05, 0) is 19.3 Å². The smallest absolute Gasteiger partial charge is 0.239 e. The van der Waals surface area contributed by atoms with Gasteiger partial charge in [-0.25, -0.2) is 0 Å². The van der Waals surface area contributed by atoms with E-state index in [-0.39, 0.29) is 24.4 Å². The maximum atomic E-state index is 11.9. The van der Waals surface area contributed by atoms with Crippen LogP contribution in [0.2, 0.25) is 0 Å². The van der Waals surface area contributed by atoms with Gasteiger partial charge in [0.15, 0.2) is 0 Å². The first-order valence-corrected chi connectivity index (χ1v) is 6.56. The fourth-order valence-electron chi connectivity index (χ4n) is 2.12. The van der Waals surface area contributed by atoms with Gasteiger partial charge in [-0.2, -0.15) is 0 Å². The number of carbonyl (C=O) groups is 2. The van der Waals surface area contributed by atoms with Crippen molar-refractivity contribution in [1.29, 1.82) is 0 Å². The van der Waals surface area contributed by atoms with Crippen molar-refractivity contribution in [3.8, 4) is 0 Å². The Balaban J connectivity index is 1.68. The topological polar surface area (TPSA) is 78.7 Å². The standard InChI is InChI=1S/C12H22N4O2/c1-15(7-11(17)14-10-2-3-10)12(18)8-16-5-4-9(13)6-16/h9-10H,2-8,13H2,1H3,(H,14,17). The molecule has 0 bridgehead atoms. The fourth-order valence-corrected chi connectivity index (χ4v) is 2.12. The highest BCUT2D eigenvalue weighted by atomic mass is 16.2. The number of hydrogen-bond donors (Lipinski definition) is 2. The quantitative estimate of drug-likeness (QED) is 0.643. The van der Waals surface area contributed by atoms with Crippen LogP contribution >= 0.6 is 0 Å². The minimum atomic E-state index is -0.0635. The minimum absolute atomic E-state index is 0.0185. The van der Waals surface area contributed by atoms with Crippen molar-refractivity contribution < 1.29 is 9.59 Å². The highest BCUT2D eigenvalue weighted by Gasteiger charge is 2.26. The molecule has 2 rings (SSSR count). The molecule has 1 saturated heterocycles. The third kappa shape index (κ3) is 3.96. The van der Waals surface area contributed by atoms with Crippen LogP contribution in [0.5, 0.6) is 0 Å². The third-order valence-electron chi connectivity index (χ3n) is 3.42. The number of nitrogens with two attached hydrogens (primary N) is 1. The lowest BCUT2D eigenvalue weighted by molar-refractivity contribution is -0.135. The maximum absolute atomic E-state index is 11.9. The molecule has 0 radical (unpaired) electrons. The first kappa shape index (κ1) is 13.3.